The van der Waals surface area contributed by atoms with Crippen molar-refractivity contribution in [1.29, 1.82) is 0 Å². The summed E-state index contributed by atoms with van der Waals surface area (Å²) in [7, 11) is 0. The van der Waals surface area contributed by atoms with E-state index in [0.29, 0.717) is 5.56 Å². The predicted molar refractivity (Wildman–Crippen MR) is 123 cm³/mol. The Labute approximate surface area is 186 Å². The molecule has 7 nitrogen and oxygen atoms in total. The second-order valence-corrected chi connectivity index (χ2v) is 8.32. The van der Waals surface area contributed by atoms with Crippen molar-refractivity contribution in [2.75, 3.05) is 0 Å². The van der Waals surface area contributed by atoms with Gasteiger partial charge in [-0.2, -0.15) is 0 Å². The van der Waals surface area contributed by atoms with E-state index in [9.17, 15) is 4.79 Å². The number of carbonyl (C=O) groups excluding carboxylic acids is 1. The van der Waals surface area contributed by atoms with Gasteiger partial charge in [-0.05, 0) is 62.9 Å². The first-order chi connectivity index (χ1) is 15.6. The molecule has 0 radical (unpaired) electrons. The number of benzene rings is 1. The number of aromatic nitrogens is 4. The molecule has 0 bridgehead atoms. The van der Waals surface area contributed by atoms with Gasteiger partial charge < -0.3 is 15.5 Å². The van der Waals surface area contributed by atoms with E-state index < -0.39 is 0 Å². The first-order valence-corrected chi connectivity index (χ1v) is 10.9. The van der Waals surface area contributed by atoms with Crippen LogP contribution >= 0.6 is 0 Å². The lowest BCUT2D eigenvalue weighted by Crippen LogP contribution is -2.31. The second kappa shape index (κ2) is 8.51. The van der Waals surface area contributed by atoms with Crippen LogP contribution in [0, 0.1) is 6.92 Å². The lowest BCUT2D eigenvalue weighted by atomic mass is 9.93. The fourth-order valence-corrected chi connectivity index (χ4v) is 4.28. The van der Waals surface area contributed by atoms with Gasteiger partial charge in [-0.3, -0.25) is 9.97 Å². The van der Waals surface area contributed by atoms with Crippen molar-refractivity contribution in [1.82, 2.24) is 19.9 Å². The maximum atomic E-state index is 13.0. The molecule has 0 unspecified atom stereocenters. The Morgan fingerprint density at radius 1 is 1.09 bits per heavy atom. The van der Waals surface area contributed by atoms with E-state index in [2.05, 4.69) is 19.9 Å². The summed E-state index contributed by atoms with van der Waals surface area (Å²) >= 11 is 0. The molecular formula is C25H25N5O2. The van der Waals surface area contributed by atoms with Crippen molar-refractivity contribution in [3.63, 3.8) is 0 Å². The lowest BCUT2D eigenvalue weighted by molar-refractivity contribution is 0.0199. The van der Waals surface area contributed by atoms with Crippen LogP contribution in [0.25, 0.3) is 33.5 Å². The molecule has 3 N–H and O–H groups in total. The molecule has 1 aliphatic rings. The van der Waals surface area contributed by atoms with Crippen LogP contribution in [0.15, 0.2) is 55.0 Å². The Morgan fingerprint density at radius 3 is 2.75 bits per heavy atom. The molecule has 1 aliphatic carbocycles. The molecule has 1 aromatic carbocycles. The fourth-order valence-electron chi connectivity index (χ4n) is 4.28. The van der Waals surface area contributed by atoms with Crippen LogP contribution in [-0.2, 0) is 4.74 Å². The number of nitrogens with one attached hydrogen (secondary N) is 1. The molecular weight excluding hydrogens is 402 g/mol. The topological polar surface area (TPSA) is 107 Å². The number of H-pyrrole nitrogens is 1. The second-order valence-electron chi connectivity index (χ2n) is 8.32. The molecule has 3 aromatic heterocycles. The zero-order valence-electron chi connectivity index (χ0n) is 17.9. The van der Waals surface area contributed by atoms with Crippen molar-refractivity contribution in [3.05, 3.63) is 66.2 Å². The molecule has 4 aromatic rings. The third kappa shape index (κ3) is 3.99. The maximum absolute atomic E-state index is 13.0. The standard InChI is InChI=1S/C25H25N5O2/c1-15-3-2-4-22(30-15)24-23(28-14-29-24)16-5-10-21-20(13-16)19(11-12-27-21)25(31)32-18-8-6-17(26)7-9-18/h2-5,10-14,17-18H,6-9,26H2,1H3,(H,28,29)/t17-,18+. The van der Waals surface area contributed by atoms with Gasteiger partial charge in [0.25, 0.3) is 0 Å². The molecule has 162 valence electrons. The summed E-state index contributed by atoms with van der Waals surface area (Å²) in [5, 5.41) is 0.744. The van der Waals surface area contributed by atoms with Gasteiger partial charge in [0.2, 0.25) is 0 Å². The normalized spacial score (nSPS) is 18.6. The zero-order chi connectivity index (χ0) is 22.1. The van der Waals surface area contributed by atoms with Crippen molar-refractivity contribution >= 4 is 16.9 Å². The number of aromatic amines is 1. The van der Waals surface area contributed by atoms with Gasteiger partial charge in [0.1, 0.15) is 6.10 Å². The third-order valence-corrected chi connectivity index (χ3v) is 6.01. The summed E-state index contributed by atoms with van der Waals surface area (Å²) in [5.74, 6) is -0.322. The number of esters is 1. The Morgan fingerprint density at radius 2 is 1.94 bits per heavy atom. The molecule has 1 saturated carbocycles. The highest BCUT2D eigenvalue weighted by Gasteiger charge is 2.23. The molecule has 7 heteroatoms. The molecule has 3 heterocycles. The monoisotopic (exact) mass is 427 g/mol. The summed E-state index contributed by atoms with van der Waals surface area (Å²) in [6.45, 7) is 1.96. The van der Waals surface area contributed by atoms with Crippen molar-refractivity contribution < 1.29 is 9.53 Å². The maximum Gasteiger partial charge on any atom is 0.339 e. The minimum Gasteiger partial charge on any atom is -0.459 e. The van der Waals surface area contributed by atoms with Crippen LogP contribution in [0.4, 0.5) is 0 Å². The summed E-state index contributed by atoms with van der Waals surface area (Å²) in [4.78, 5) is 29.8. The SMILES string of the molecule is Cc1cccc(-c2[nH]cnc2-c2ccc3nccc(C(=O)O[C@H]4CC[C@@H](N)CC4)c3c2)n1. The number of fused-ring (bicyclic) bond motifs is 1. The van der Waals surface area contributed by atoms with Crippen LogP contribution in [0.1, 0.15) is 41.7 Å². The van der Waals surface area contributed by atoms with E-state index in [1.165, 1.54) is 0 Å². The minimum absolute atomic E-state index is 0.0842. The number of nitrogens with zero attached hydrogens (tertiary/aromatic N) is 3. The fraction of sp³-hybridized carbons (Fsp3) is 0.280. The summed E-state index contributed by atoms with van der Waals surface area (Å²) in [6, 6.07) is 13.6. The Kier molecular flexibility index (Phi) is 5.41. The third-order valence-electron chi connectivity index (χ3n) is 6.01. The van der Waals surface area contributed by atoms with Crippen LogP contribution in [-0.4, -0.2) is 38.1 Å². The van der Waals surface area contributed by atoms with Crippen molar-refractivity contribution in [2.24, 2.45) is 5.73 Å². The number of ether oxygens (including phenoxy) is 1. The number of aryl methyl sites for hydroxylation is 1. The number of nitrogens with two attached hydrogens (primary N) is 1. The van der Waals surface area contributed by atoms with Crippen LogP contribution < -0.4 is 5.73 Å². The highest BCUT2D eigenvalue weighted by Crippen LogP contribution is 2.31. The largest absolute Gasteiger partial charge is 0.459 e. The van der Waals surface area contributed by atoms with E-state index in [4.69, 9.17) is 10.5 Å². The Bertz CT molecular complexity index is 1270. The first-order valence-electron chi connectivity index (χ1n) is 10.9. The zero-order valence-corrected chi connectivity index (χ0v) is 17.9. The highest BCUT2D eigenvalue weighted by atomic mass is 16.5. The lowest BCUT2D eigenvalue weighted by Gasteiger charge is -2.26. The molecule has 0 atom stereocenters. The summed E-state index contributed by atoms with van der Waals surface area (Å²) < 4.78 is 5.82. The van der Waals surface area contributed by atoms with Gasteiger partial charge in [0, 0.05) is 28.9 Å². The van der Waals surface area contributed by atoms with E-state index in [0.717, 1.165) is 64.9 Å². The van der Waals surface area contributed by atoms with Gasteiger partial charge in [-0.15, -0.1) is 0 Å². The Balaban J connectivity index is 1.50. The minimum atomic E-state index is -0.322. The Hall–Kier alpha value is -3.58. The molecule has 0 spiro atoms. The van der Waals surface area contributed by atoms with E-state index in [1.54, 1.807) is 18.6 Å². The van der Waals surface area contributed by atoms with Gasteiger partial charge in [-0.25, -0.2) is 9.78 Å². The number of pyridine rings is 2. The van der Waals surface area contributed by atoms with Gasteiger partial charge in [0.05, 0.1) is 34.5 Å². The number of rotatable bonds is 4. The molecule has 0 aliphatic heterocycles. The molecule has 32 heavy (non-hydrogen) atoms. The highest BCUT2D eigenvalue weighted by molar-refractivity contribution is 6.04. The summed E-state index contributed by atoms with van der Waals surface area (Å²) in [6.07, 6.45) is 6.60. The van der Waals surface area contributed by atoms with Crippen molar-refractivity contribution in [3.8, 4) is 22.6 Å². The average molecular weight is 428 g/mol. The first kappa shape index (κ1) is 20.3. The quantitative estimate of drug-likeness (QED) is 0.467. The molecule has 0 amide bonds. The number of hydrogen-bond donors (Lipinski definition) is 2. The van der Waals surface area contributed by atoms with E-state index in [-0.39, 0.29) is 18.1 Å². The average Bonchev–Trinajstić information content (AvgIpc) is 3.30. The smallest absolute Gasteiger partial charge is 0.339 e. The number of imidazole rings is 1. The molecule has 5 rings (SSSR count). The number of hydrogen-bond acceptors (Lipinski definition) is 6. The van der Waals surface area contributed by atoms with Crippen LogP contribution in [0.3, 0.4) is 0 Å². The van der Waals surface area contributed by atoms with E-state index in [1.807, 2.05) is 43.3 Å². The van der Waals surface area contributed by atoms with Gasteiger partial charge in [-0.1, -0.05) is 12.1 Å². The van der Waals surface area contributed by atoms with Gasteiger partial charge >= 0.3 is 5.97 Å². The number of carbonyl (C=O) groups is 1. The molecule has 1 fully saturated rings. The molecule has 0 saturated heterocycles. The summed E-state index contributed by atoms with van der Waals surface area (Å²) in [5.41, 5.74) is 11.5. The van der Waals surface area contributed by atoms with Crippen LogP contribution in [0.2, 0.25) is 0 Å². The van der Waals surface area contributed by atoms with Crippen LogP contribution in [0.5, 0.6) is 0 Å². The predicted octanol–water partition coefficient (Wildman–Crippen LogP) is 4.42. The van der Waals surface area contributed by atoms with Crippen molar-refractivity contribution in [2.45, 2.75) is 44.8 Å². The van der Waals surface area contributed by atoms with Gasteiger partial charge in [0.15, 0.2) is 0 Å². The van der Waals surface area contributed by atoms with E-state index >= 15 is 0 Å².